The second-order valence-electron chi connectivity index (χ2n) is 6.92. The number of carbonyl (C=O) groups is 3. The number of hydrogen-bond acceptors (Lipinski definition) is 3. The van der Waals surface area contributed by atoms with Crippen molar-refractivity contribution in [2.75, 3.05) is 4.90 Å². The summed E-state index contributed by atoms with van der Waals surface area (Å²) in [6, 6.07) is 4.21. The van der Waals surface area contributed by atoms with Crippen molar-refractivity contribution < 1.29 is 19.5 Å². The second-order valence-corrected chi connectivity index (χ2v) is 7.33. The van der Waals surface area contributed by atoms with Gasteiger partial charge in [-0.05, 0) is 32.0 Å². The second kappa shape index (κ2) is 5.30. The Balaban J connectivity index is 1.76. The van der Waals surface area contributed by atoms with E-state index < -0.39 is 17.8 Å². The van der Waals surface area contributed by atoms with Crippen molar-refractivity contribution >= 4 is 35.1 Å². The van der Waals surface area contributed by atoms with Crippen molar-refractivity contribution in [3.05, 3.63) is 52.1 Å². The summed E-state index contributed by atoms with van der Waals surface area (Å²) in [5, 5.41) is 9.30. The van der Waals surface area contributed by atoms with Crippen molar-refractivity contribution in [2.45, 2.75) is 13.8 Å². The average Bonchev–Trinajstić information content (AvgIpc) is 3.18. The van der Waals surface area contributed by atoms with Crippen LogP contribution in [0.1, 0.15) is 24.2 Å². The average molecular weight is 358 g/mol. The molecule has 0 spiro atoms. The van der Waals surface area contributed by atoms with Crippen LogP contribution in [0.2, 0.25) is 5.02 Å². The predicted molar refractivity (Wildman–Crippen MR) is 92.4 cm³/mol. The number of allylic oxidation sites excluding steroid dienone is 4. The minimum atomic E-state index is -1.19. The fourth-order valence-electron chi connectivity index (χ4n) is 4.50. The Bertz CT molecular complexity index is 863. The summed E-state index contributed by atoms with van der Waals surface area (Å²) in [5.41, 5.74) is 2.48. The van der Waals surface area contributed by atoms with Crippen LogP contribution in [0.4, 0.5) is 5.69 Å². The third-order valence-corrected chi connectivity index (χ3v) is 5.76. The Morgan fingerprint density at radius 3 is 2.12 bits per heavy atom. The van der Waals surface area contributed by atoms with Gasteiger partial charge >= 0.3 is 5.97 Å². The number of amides is 2. The summed E-state index contributed by atoms with van der Waals surface area (Å²) in [6.07, 6.45) is 4.04. The molecule has 0 radical (unpaired) electrons. The number of anilines is 1. The van der Waals surface area contributed by atoms with Gasteiger partial charge in [0.05, 0.1) is 28.1 Å². The van der Waals surface area contributed by atoms with Crippen LogP contribution in [0.25, 0.3) is 0 Å². The third kappa shape index (κ3) is 2.05. The number of imide groups is 1. The molecule has 4 rings (SSSR count). The first kappa shape index (κ1) is 16.1. The highest BCUT2D eigenvalue weighted by Crippen LogP contribution is 2.57. The van der Waals surface area contributed by atoms with E-state index in [1.165, 1.54) is 23.8 Å². The first-order valence-corrected chi connectivity index (χ1v) is 8.47. The van der Waals surface area contributed by atoms with Gasteiger partial charge in [0.15, 0.2) is 0 Å². The molecule has 1 saturated carbocycles. The van der Waals surface area contributed by atoms with Gasteiger partial charge in [-0.1, -0.05) is 34.9 Å². The molecule has 1 aliphatic heterocycles. The molecule has 5 nitrogen and oxygen atoms in total. The van der Waals surface area contributed by atoms with Crippen LogP contribution in [-0.4, -0.2) is 22.9 Å². The van der Waals surface area contributed by atoms with Crippen molar-refractivity contribution in [1.82, 2.24) is 0 Å². The van der Waals surface area contributed by atoms with Crippen molar-refractivity contribution in [1.29, 1.82) is 0 Å². The van der Waals surface area contributed by atoms with E-state index in [4.69, 9.17) is 11.6 Å². The lowest BCUT2D eigenvalue weighted by Gasteiger charge is -2.19. The third-order valence-electron chi connectivity index (χ3n) is 5.43. The molecule has 6 heteroatoms. The lowest BCUT2D eigenvalue weighted by Crippen LogP contribution is -2.33. The summed E-state index contributed by atoms with van der Waals surface area (Å²) < 4.78 is 0. The molecular formula is C19H16ClNO4. The van der Waals surface area contributed by atoms with Crippen molar-refractivity contribution in [2.24, 2.45) is 23.7 Å². The molecule has 25 heavy (non-hydrogen) atoms. The Morgan fingerprint density at radius 1 is 1.08 bits per heavy atom. The number of benzene rings is 1. The van der Waals surface area contributed by atoms with Gasteiger partial charge < -0.3 is 5.11 Å². The Hall–Kier alpha value is -2.40. The summed E-state index contributed by atoms with van der Waals surface area (Å²) in [5.74, 6) is -2.57. The molecule has 2 fully saturated rings. The van der Waals surface area contributed by atoms with Gasteiger partial charge in [0.1, 0.15) is 0 Å². The quantitative estimate of drug-likeness (QED) is 0.651. The highest BCUT2D eigenvalue weighted by atomic mass is 35.5. The summed E-state index contributed by atoms with van der Waals surface area (Å²) in [4.78, 5) is 38.4. The van der Waals surface area contributed by atoms with Crippen molar-refractivity contribution in [3.63, 3.8) is 0 Å². The number of carbonyl (C=O) groups excluding carboxylic acids is 2. The van der Waals surface area contributed by atoms with E-state index >= 15 is 0 Å². The Labute approximate surface area is 149 Å². The molecule has 1 aromatic rings. The fraction of sp³-hybridized carbons (Fsp3) is 0.316. The van der Waals surface area contributed by atoms with E-state index in [9.17, 15) is 19.5 Å². The molecule has 2 aliphatic carbocycles. The summed E-state index contributed by atoms with van der Waals surface area (Å²) in [7, 11) is 0. The largest absolute Gasteiger partial charge is 0.478 e. The van der Waals surface area contributed by atoms with Crippen molar-refractivity contribution in [3.8, 4) is 0 Å². The van der Waals surface area contributed by atoms with E-state index in [0.29, 0.717) is 0 Å². The Kier molecular flexibility index (Phi) is 3.41. The van der Waals surface area contributed by atoms with Crippen LogP contribution in [-0.2, 0) is 9.59 Å². The van der Waals surface area contributed by atoms with Gasteiger partial charge in [-0.2, -0.15) is 0 Å². The zero-order valence-electron chi connectivity index (χ0n) is 13.7. The molecule has 1 heterocycles. The SMILES string of the molecule is CC(C)=C1[C@@H]2C=C[C@@H]1[C@H]1C(=O)N(c3ccc(Cl)c(C(=O)O)c3)C(=O)[C@@H]12. The number of aromatic carboxylic acids is 1. The number of rotatable bonds is 2. The highest BCUT2D eigenvalue weighted by molar-refractivity contribution is 6.34. The lowest BCUT2D eigenvalue weighted by molar-refractivity contribution is -0.122. The van der Waals surface area contributed by atoms with Gasteiger partial charge in [-0.25, -0.2) is 9.69 Å². The molecule has 1 N–H and O–H groups in total. The Morgan fingerprint density at radius 2 is 1.64 bits per heavy atom. The fourth-order valence-corrected chi connectivity index (χ4v) is 4.70. The molecule has 1 saturated heterocycles. The van der Waals surface area contributed by atoms with Crippen LogP contribution in [0.5, 0.6) is 0 Å². The molecule has 0 aromatic heterocycles. The van der Waals surface area contributed by atoms with E-state index in [2.05, 4.69) is 0 Å². The maximum atomic E-state index is 13.0. The summed E-state index contributed by atoms with van der Waals surface area (Å²) in [6.45, 7) is 4.02. The van der Waals surface area contributed by atoms with E-state index in [-0.39, 0.29) is 39.9 Å². The number of hydrogen-bond donors (Lipinski definition) is 1. The van der Waals surface area contributed by atoms with Gasteiger partial charge in [0.25, 0.3) is 0 Å². The zero-order chi connectivity index (χ0) is 18.0. The number of carboxylic acid groups (broad SMARTS) is 1. The standard InChI is InChI=1S/C19H16ClNO4/c1-8(2)14-10-4-5-11(14)16-15(10)17(22)21(18(16)23)9-3-6-13(20)12(7-9)19(24)25/h3-7,10-11,15-16H,1-2H3,(H,24,25)/t10-,11-,15+,16+/m0/s1. The van der Waals surface area contributed by atoms with E-state index in [1.807, 2.05) is 26.0 Å². The molecule has 3 aliphatic rings. The number of fused-ring (bicyclic) bond motifs is 5. The van der Waals surface area contributed by atoms with Crippen LogP contribution in [0, 0.1) is 23.7 Å². The van der Waals surface area contributed by atoms with Crippen LogP contribution in [0.3, 0.4) is 0 Å². The summed E-state index contributed by atoms with van der Waals surface area (Å²) >= 11 is 5.89. The lowest BCUT2D eigenvalue weighted by atomic mass is 9.85. The molecule has 128 valence electrons. The van der Waals surface area contributed by atoms with Gasteiger partial charge in [-0.15, -0.1) is 0 Å². The zero-order valence-corrected chi connectivity index (χ0v) is 14.4. The maximum Gasteiger partial charge on any atom is 0.337 e. The monoisotopic (exact) mass is 357 g/mol. The molecule has 2 bridgehead atoms. The first-order chi connectivity index (χ1) is 11.8. The maximum absolute atomic E-state index is 13.0. The normalized spacial score (nSPS) is 29.6. The number of halogens is 1. The van der Waals surface area contributed by atoms with Gasteiger partial charge in [0.2, 0.25) is 11.8 Å². The minimum Gasteiger partial charge on any atom is -0.478 e. The number of carboxylic acids is 1. The molecule has 1 aromatic carbocycles. The smallest absolute Gasteiger partial charge is 0.337 e. The molecule has 4 atom stereocenters. The minimum absolute atomic E-state index is 0.0345. The predicted octanol–water partition coefficient (Wildman–Crippen LogP) is 3.30. The topological polar surface area (TPSA) is 74.7 Å². The van der Waals surface area contributed by atoms with Gasteiger partial charge in [0, 0.05) is 11.8 Å². The highest BCUT2D eigenvalue weighted by Gasteiger charge is 2.61. The van der Waals surface area contributed by atoms with Gasteiger partial charge in [-0.3, -0.25) is 9.59 Å². The van der Waals surface area contributed by atoms with E-state index in [1.54, 1.807) is 0 Å². The van der Waals surface area contributed by atoms with E-state index in [0.717, 1.165) is 10.5 Å². The molecule has 0 unspecified atom stereocenters. The first-order valence-electron chi connectivity index (χ1n) is 8.09. The van der Waals surface area contributed by atoms with Crippen LogP contribution >= 0.6 is 11.6 Å². The van der Waals surface area contributed by atoms with Crippen LogP contribution < -0.4 is 4.90 Å². The van der Waals surface area contributed by atoms with Crippen LogP contribution in [0.15, 0.2) is 41.5 Å². The molecular weight excluding hydrogens is 342 g/mol. The molecule has 2 amide bonds. The number of nitrogens with zero attached hydrogens (tertiary/aromatic N) is 1.